The molecule has 0 saturated carbocycles. The molecule has 2 aromatic rings. The van der Waals surface area contributed by atoms with Crippen molar-refractivity contribution in [3.8, 4) is 22.1 Å². The first-order valence-corrected chi connectivity index (χ1v) is 8.90. The first-order chi connectivity index (χ1) is 11.7. The maximum Gasteiger partial charge on any atom is 0.320 e. The van der Waals surface area contributed by atoms with Gasteiger partial charge in [0.25, 0.3) is 0 Å². The Morgan fingerprint density at radius 3 is 3.08 bits per heavy atom. The van der Waals surface area contributed by atoms with Crippen molar-refractivity contribution in [2.45, 2.75) is 31.8 Å². The van der Waals surface area contributed by atoms with Crippen molar-refractivity contribution < 1.29 is 19.4 Å². The largest absolute Gasteiger partial charge is 0.480 e. The van der Waals surface area contributed by atoms with Crippen LogP contribution in [-0.4, -0.2) is 40.3 Å². The Labute approximate surface area is 143 Å². The van der Waals surface area contributed by atoms with Gasteiger partial charge in [-0.1, -0.05) is 6.42 Å². The van der Waals surface area contributed by atoms with E-state index in [-0.39, 0.29) is 6.79 Å². The number of nitrogens with zero attached hydrogens (tertiary/aromatic N) is 2. The number of piperidine rings is 1. The summed E-state index contributed by atoms with van der Waals surface area (Å²) in [6, 6.07) is 5.40. The van der Waals surface area contributed by atoms with Crippen LogP contribution in [0.2, 0.25) is 0 Å². The molecule has 0 bridgehead atoms. The molecular formula is C17H18N2O4S. The number of thiazole rings is 1. The lowest BCUT2D eigenvalue weighted by molar-refractivity contribution is -0.144. The van der Waals surface area contributed by atoms with Gasteiger partial charge in [-0.25, -0.2) is 4.98 Å². The highest BCUT2D eigenvalue weighted by atomic mass is 32.1. The number of likely N-dealkylation sites (tertiary alicyclic amines) is 1. The van der Waals surface area contributed by atoms with E-state index in [0.717, 1.165) is 47.2 Å². The third-order valence-corrected chi connectivity index (χ3v) is 5.38. The second kappa shape index (κ2) is 6.41. The lowest BCUT2D eigenvalue weighted by atomic mass is 10.0. The van der Waals surface area contributed by atoms with Crippen molar-refractivity contribution in [3.63, 3.8) is 0 Å². The topological polar surface area (TPSA) is 71.9 Å². The molecule has 1 atom stereocenters. The molecule has 3 heterocycles. The van der Waals surface area contributed by atoms with Crippen LogP contribution in [0, 0.1) is 0 Å². The standard InChI is InChI=1S/C17H18N2O4S/c20-17(21)13-3-1-2-6-19(13)8-12-9-24-16(18-12)11-4-5-14-15(7-11)23-10-22-14/h4-5,7,9,13H,1-3,6,8,10H2,(H,20,21). The van der Waals surface area contributed by atoms with Crippen LogP contribution in [0.15, 0.2) is 23.6 Å². The molecule has 2 aliphatic heterocycles. The van der Waals surface area contributed by atoms with Crippen LogP contribution in [0.25, 0.3) is 10.6 Å². The van der Waals surface area contributed by atoms with Crippen LogP contribution in [0.5, 0.6) is 11.5 Å². The fourth-order valence-electron chi connectivity index (χ4n) is 3.21. The van der Waals surface area contributed by atoms with Crippen LogP contribution in [0.1, 0.15) is 25.0 Å². The van der Waals surface area contributed by atoms with Crippen molar-refractivity contribution in [1.29, 1.82) is 0 Å². The maximum absolute atomic E-state index is 11.4. The van der Waals surface area contributed by atoms with E-state index in [1.807, 2.05) is 28.5 Å². The van der Waals surface area contributed by atoms with Crippen molar-refractivity contribution in [3.05, 3.63) is 29.3 Å². The summed E-state index contributed by atoms with van der Waals surface area (Å²) in [5.41, 5.74) is 1.91. The number of carboxylic acid groups (broad SMARTS) is 1. The van der Waals surface area contributed by atoms with Gasteiger partial charge >= 0.3 is 5.97 Å². The zero-order chi connectivity index (χ0) is 16.5. The number of rotatable bonds is 4. The maximum atomic E-state index is 11.4. The molecule has 4 rings (SSSR count). The Balaban J connectivity index is 1.51. The number of benzene rings is 1. The van der Waals surface area contributed by atoms with Gasteiger partial charge in [0.1, 0.15) is 11.0 Å². The Bertz CT molecular complexity index is 761. The summed E-state index contributed by atoms with van der Waals surface area (Å²) >= 11 is 1.56. The van der Waals surface area contributed by atoms with Crippen LogP contribution >= 0.6 is 11.3 Å². The van der Waals surface area contributed by atoms with Crippen LogP contribution in [0.4, 0.5) is 0 Å². The summed E-state index contributed by atoms with van der Waals surface area (Å²) in [5.74, 6) is 0.764. The average Bonchev–Trinajstić information content (AvgIpc) is 3.23. The number of carbonyl (C=O) groups is 1. The number of hydrogen-bond donors (Lipinski definition) is 1. The second-order valence-electron chi connectivity index (χ2n) is 6.03. The first kappa shape index (κ1) is 15.4. The van der Waals surface area contributed by atoms with Crippen molar-refractivity contribution in [2.75, 3.05) is 13.3 Å². The van der Waals surface area contributed by atoms with E-state index >= 15 is 0 Å². The molecule has 0 aliphatic carbocycles. The van der Waals surface area contributed by atoms with Gasteiger partial charge in [0.05, 0.1) is 5.69 Å². The van der Waals surface area contributed by atoms with E-state index in [1.54, 1.807) is 11.3 Å². The summed E-state index contributed by atoms with van der Waals surface area (Å²) in [6.07, 6.45) is 2.74. The van der Waals surface area contributed by atoms with Gasteiger partial charge in [-0.3, -0.25) is 9.69 Å². The smallest absolute Gasteiger partial charge is 0.320 e. The molecule has 7 heteroatoms. The van der Waals surface area contributed by atoms with Gasteiger partial charge in [-0.15, -0.1) is 11.3 Å². The minimum absolute atomic E-state index is 0.257. The predicted molar refractivity (Wildman–Crippen MR) is 89.4 cm³/mol. The number of ether oxygens (including phenoxy) is 2. The van der Waals surface area contributed by atoms with Gasteiger partial charge in [0.2, 0.25) is 6.79 Å². The van der Waals surface area contributed by atoms with Crippen molar-refractivity contribution in [1.82, 2.24) is 9.88 Å². The summed E-state index contributed by atoms with van der Waals surface area (Å²) < 4.78 is 10.7. The molecule has 126 valence electrons. The van der Waals surface area contributed by atoms with Crippen LogP contribution in [-0.2, 0) is 11.3 Å². The average molecular weight is 346 g/mol. The highest BCUT2D eigenvalue weighted by Gasteiger charge is 2.28. The highest BCUT2D eigenvalue weighted by molar-refractivity contribution is 7.13. The minimum atomic E-state index is -0.735. The molecule has 1 N–H and O–H groups in total. The molecule has 1 aromatic carbocycles. The molecule has 1 saturated heterocycles. The van der Waals surface area contributed by atoms with Gasteiger partial charge in [0.15, 0.2) is 11.5 Å². The Morgan fingerprint density at radius 2 is 2.21 bits per heavy atom. The zero-order valence-corrected chi connectivity index (χ0v) is 13.9. The van der Waals surface area contributed by atoms with E-state index in [2.05, 4.69) is 4.98 Å². The highest BCUT2D eigenvalue weighted by Crippen LogP contribution is 2.36. The van der Waals surface area contributed by atoms with Gasteiger partial charge in [0, 0.05) is 17.5 Å². The van der Waals surface area contributed by atoms with E-state index in [9.17, 15) is 9.90 Å². The normalized spacial score (nSPS) is 20.2. The van der Waals surface area contributed by atoms with Gasteiger partial charge in [-0.2, -0.15) is 0 Å². The molecule has 0 amide bonds. The zero-order valence-electron chi connectivity index (χ0n) is 13.1. The van der Waals surface area contributed by atoms with E-state index in [4.69, 9.17) is 9.47 Å². The molecule has 0 spiro atoms. The SMILES string of the molecule is O=C(O)C1CCCCN1Cc1csc(-c2ccc3c(c2)OCO3)n1. The number of aliphatic carboxylic acids is 1. The Morgan fingerprint density at radius 1 is 1.33 bits per heavy atom. The Kier molecular flexibility index (Phi) is 4.12. The quantitative estimate of drug-likeness (QED) is 0.918. The van der Waals surface area contributed by atoms with Crippen molar-refractivity contribution in [2.24, 2.45) is 0 Å². The van der Waals surface area contributed by atoms with Crippen LogP contribution < -0.4 is 9.47 Å². The van der Waals surface area contributed by atoms with Crippen LogP contribution in [0.3, 0.4) is 0 Å². The molecule has 24 heavy (non-hydrogen) atoms. The monoisotopic (exact) mass is 346 g/mol. The summed E-state index contributed by atoms with van der Waals surface area (Å²) in [5, 5.41) is 12.3. The van der Waals surface area contributed by atoms with Gasteiger partial charge < -0.3 is 14.6 Å². The van der Waals surface area contributed by atoms with Crippen molar-refractivity contribution >= 4 is 17.3 Å². The third-order valence-electron chi connectivity index (χ3n) is 4.44. The molecule has 1 fully saturated rings. The number of carboxylic acids is 1. The first-order valence-electron chi connectivity index (χ1n) is 8.02. The molecule has 1 aromatic heterocycles. The minimum Gasteiger partial charge on any atom is -0.480 e. The molecule has 0 radical (unpaired) electrons. The molecule has 2 aliphatic rings. The Hall–Kier alpha value is -2.12. The lowest BCUT2D eigenvalue weighted by Gasteiger charge is -2.32. The summed E-state index contributed by atoms with van der Waals surface area (Å²) in [4.78, 5) is 18.1. The molecular weight excluding hydrogens is 328 g/mol. The van der Waals surface area contributed by atoms with E-state index in [0.29, 0.717) is 13.0 Å². The summed E-state index contributed by atoms with van der Waals surface area (Å²) in [6.45, 7) is 1.65. The molecule has 1 unspecified atom stereocenters. The fraction of sp³-hybridized carbons (Fsp3) is 0.412. The summed E-state index contributed by atoms with van der Waals surface area (Å²) in [7, 11) is 0. The fourth-order valence-corrected chi connectivity index (χ4v) is 4.02. The predicted octanol–water partition coefficient (Wildman–Crippen LogP) is 2.98. The number of aromatic nitrogens is 1. The number of hydrogen-bond acceptors (Lipinski definition) is 6. The molecule has 6 nitrogen and oxygen atoms in total. The number of fused-ring (bicyclic) bond motifs is 1. The third kappa shape index (κ3) is 2.97. The van der Waals surface area contributed by atoms with E-state index < -0.39 is 12.0 Å². The lowest BCUT2D eigenvalue weighted by Crippen LogP contribution is -2.44. The van der Waals surface area contributed by atoms with Gasteiger partial charge in [-0.05, 0) is 37.6 Å². The van der Waals surface area contributed by atoms with E-state index in [1.165, 1.54) is 0 Å². The second-order valence-corrected chi connectivity index (χ2v) is 6.89.